The molecule has 2 rings (SSSR count). The summed E-state index contributed by atoms with van der Waals surface area (Å²) >= 11 is 1.42. The van der Waals surface area contributed by atoms with E-state index in [0.29, 0.717) is 23.2 Å². The minimum absolute atomic E-state index is 0.496. The van der Waals surface area contributed by atoms with Crippen LogP contribution in [0.5, 0.6) is 0 Å². The third kappa shape index (κ3) is 4.77. The van der Waals surface area contributed by atoms with Gasteiger partial charge in [-0.05, 0) is 56.8 Å². The van der Waals surface area contributed by atoms with Crippen molar-refractivity contribution in [2.75, 3.05) is 26.2 Å². The molecule has 0 atom stereocenters. The maximum Gasteiger partial charge on any atom is 0.252 e. The van der Waals surface area contributed by atoms with Gasteiger partial charge in [0.25, 0.3) is 10.0 Å². The highest BCUT2D eigenvalue weighted by molar-refractivity contribution is 7.91. The predicted molar refractivity (Wildman–Crippen MR) is 88.3 cm³/mol. The van der Waals surface area contributed by atoms with Crippen LogP contribution in [-0.4, -0.2) is 38.9 Å². The molecule has 0 spiro atoms. The van der Waals surface area contributed by atoms with Gasteiger partial charge in [0.15, 0.2) is 0 Å². The summed E-state index contributed by atoms with van der Waals surface area (Å²) in [5.41, 5.74) is 0. The largest absolute Gasteiger partial charge is 0.316 e. The van der Waals surface area contributed by atoms with Crippen molar-refractivity contribution in [3.05, 3.63) is 17.0 Å². The highest BCUT2D eigenvalue weighted by atomic mass is 32.2. The second kappa shape index (κ2) is 7.72. The summed E-state index contributed by atoms with van der Waals surface area (Å²) in [5.74, 6) is 0.581. The van der Waals surface area contributed by atoms with Crippen LogP contribution in [0.2, 0.25) is 0 Å². The van der Waals surface area contributed by atoms with Gasteiger partial charge < -0.3 is 5.32 Å². The Morgan fingerprint density at radius 2 is 2.05 bits per heavy atom. The Labute approximate surface area is 132 Å². The third-order valence-electron chi connectivity index (χ3n) is 3.72. The van der Waals surface area contributed by atoms with Crippen LogP contribution >= 0.6 is 11.3 Å². The SMILES string of the molecule is CCCNCCc1ccc(S(=O)(=O)N(CC)CC2CC2)s1. The van der Waals surface area contributed by atoms with Crippen molar-refractivity contribution in [1.82, 2.24) is 9.62 Å². The van der Waals surface area contributed by atoms with E-state index in [9.17, 15) is 8.42 Å². The van der Waals surface area contributed by atoms with E-state index in [1.807, 2.05) is 13.0 Å². The molecule has 1 aliphatic rings. The number of thiophene rings is 1. The van der Waals surface area contributed by atoms with Crippen molar-refractivity contribution in [2.24, 2.45) is 5.92 Å². The minimum atomic E-state index is -3.29. The fraction of sp³-hybridized carbons (Fsp3) is 0.733. The molecule has 1 aromatic heterocycles. The second-order valence-corrected chi connectivity index (χ2v) is 8.95. The molecule has 1 fully saturated rings. The quantitative estimate of drug-likeness (QED) is 0.671. The van der Waals surface area contributed by atoms with Crippen molar-refractivity contribution in [3.63, 3.8) is 0 Å². The molecular weight excluding hydrogens is 304 g/mol. The van der Waals surface area contributed by atoms with Crippen LogP contribution in [0.1, 0.15) is 38.0 Å². The highest BCUT2D eigenvalue weighted by Gasteiger charge is 2.31. The van der Waals surface area contributed by atoms with E-state index in [0.717, 1.165) is 30.8 Å². The zero-order chi connectivity index (χ0) is 15.3. The van der Waals surface area contributed by atoms with Crippen LogP contribution in [-0.2, 0) is 16.4 Å². The van der Waals surface area contributed by atoms with Crippen LogP contribution < -0.4 is 5.32 Å². The molecule has 6 heteroatoms. The van der Waals surface area contributed by atoms with Gasteiger partial charge in [0, 0.05) is 18.0 Å². The molecule has 1 heterocycles. The summed E-state index contributed by atoms with van der Waals surface area (Å²) < 4.78 is 27.4. The van der Waals surface area contributed by atoms with Crippen LogP contribution in [0.3, 0.4) is 0 Å². The number of rotatable bonds is 10. The molecule has 1 N–H and O–H groups in total. The molecule has 0 saturated heterocycles. The first-order chi connectivity index (χ1) is 10.1. The molecule has 0 bridgehead atoms. The smallest absolute Gasteiger partial charge is 0.252 e. The van der Waals surface area contributed by atoms with Crippen molar-refractivity contribution >= 4 is 21.4 Å². The third-order valence-corrected chi connectivity index (χ3v) is 7.27. The van der Waals surface area contributed by atoms with E-state index < -0.39 is 10.0 Å². The van der Waals surface area contributed by atoms with E-state index in [1.54, 1.807) is 10.4 Å². The molecule has 1 saturated carbocycles. The molecule has 4 nitrogen and oxygen atoms in total. The van der Waals surface area contributed by atoms with Crippen LogP contribution in [0.15, 0.2) is 16.3 Å². The van der Waals surface area contributed by atoms with Crippen molar-refractivity contribution in [3.8, 4) is 0 Å². The standard InChI is InChI=1S/C15H26N2O2S2/c1-3-10-16-11-9-14-7-8-15(20-14)21(18,19)17(4-2)12-13-5-6-13/h7-8,13,16H,3-6,9-12H2,1-2H3. The molecule has 0 radical (unpaired) electrons. The van der Waals surface area contributed by atoms with Gasteiger partial charge in [-0.2, -0.15) is 4.31 Å². The lowest BCUT2D eigenvalue weighted by Crippen LogP contribution is -2.32. The second-order valence-electron chi connectivity index (χ2n) is 5.62. The molecule has 0 unspecified atom stereocenters. The van der Waals surface area contributed by atoms with E-state index in [4.69, 9.17) is 0 Å². The lowest BCUT2D eigenvalue weighted by atomic mass is 10.3. The summed E-state index contributed by atoms with van der Waals surface area (Å²) in [6.45, 7) is 7.23. The Bertz CT molecular complexity index is 536. The van der Waals surface area contributed by atoms with Gasteiger partial charge in [-0.3, -0.25) is 0 Å². The maximum absolute atomic E-state index is 12.6. The summed E-state index contributed by atoms with van der Waals surface area (Å²) in [6, 6.07) is 3.72. The fourth-order valence-electron chi connectivity index (χ4n) is 2.26. The van der Waals surface area contributed by atoms with Gasteiger partial charge in [0.2, 0.25) is 0 Å². The summed E-state index contributed by atoms with van der Waals surface area (Å²) in [7, 11) is -3.29. The molecule has 0 amide bonds. The lowest BCUT2D eigenvalue weighted by Gasteiger charge is -2.19. The summed E-state index contributed by atoms with van der Waals surface area (Å²) in [6.07, 6.45) is 4.36. The van der Waals surface area contributed by atoms with E-state index >= 15 is 0 Å². The molecule has 1 aromatic rings. The number of sulfonamides is 1. The van der Waals surface area contributed by atoms with E-state index in [2.05, 4.69) is 12.2 Å². The van der Waals surface area contributed by atoms with Gasteiger partial charge in [-0.25, -0.2) is 8.42 Å². The predicted octanol–water partition coefficient (Wildman–Crippen LogP) is 2.71. The average molecular weight is 331 g/mol. The normalized spacial score (nSPS) is 15.8. The van der Waals surface area contributed by atoms with E-state index in [-0.39, 0.29) is 0 Å². The topological polar surface area (TPSA) is 49.4 Å². The Morgan fingerprint density at radius 1 is 1.29 bits per heavy atom. The lowest BCUT2D eigenvalue weighted by molar-refractivity contribution is 0.413. The van der Waals surface area contributed by atoms with E-state index in [1.165, 1.54) is 24.2 Å². The molecule has 1 aliphatic carbocycles. The first-order valence-corrected chi connectivity index (χ1v) is 10.1. The number of hydrogen-bond acceptors (Lipinski definition) is 4. The van der Waals surface area contributed by atoms with Crippen molar-refractivity contribution in [2.45, 2.75) is 43.7 Å². The van der Waals surface area contributed by atoms with Crippen molar-refractivity contribution < 1.29 is 8.42 Å². The van der Waals surface area contributed by atoms with Crippen LogP contribution in [0.4, 0.5) is 0 Å². The zero-order valence-corrected chi connectivity index (χ0v) is 14.6. The molecular formula is C15H26N2O2S2. The fourth-order valence-corrected chi connectivity index (χ4v) is 5.29. The first kappa shape index (κ1) is 16.9. The summed E-state index contributed by atoms with van der Waals surface area (Å²) in [4.78, 5) is 1.14. The average Bonchev–Trinajstić information content (AvgIpc) is 3.16. The van der Waals surface area contributed by atoms with Gasteiger partial charge >= 0.3 is 0 Å². The first-order valence-electron chi connectivity index (χ1n) is 7.87. The van der Waals surface area contributed by atoms with Gasteiger partial charge in [-0.1, -0.05) is 13.8 Å². The van der Waals surface area contributed by atoms with Crippen LogP contribution in [0.25, 0.3) is 0 Å². The van der Waals surface area contributed by atoms with Gasteiger partial charge in [0.05, 0.1) is 0 Å². The Morgan fingerprint density at radius 3 is 2.67 bits per heavy atom. The molecule has 120 valence electrons. The molecule has 0 aliphatic heterocycles. The van der Waals surface area contributed by atoms with Gasteiger partial charge in [-0.15, -0.1) is 11.3 Å². The Kier molecular flexibility index (Phi) is 6.22. The summed E-state index contributed by atoms with van der Waals surface area (Å²) in [5, 5.41) is 3.35. The number of hydrogen-bond donors (Lipinski definition) is 1. The zero-order valence-electron chi connectivity index (χ0n) is 13.0. The Hall–Kier alpha value is -0.430. The highest BCUT2D eigenvalue weighted by Crippen LogP contribution is 2.32. The van der Waals surface area contributed by atoms with Crippen molar-refractivity contribution in [1.29, 1.82) is 0 Å². The maximum atomic E-state index is 12.6. The number of nitrogens with zero attached hydrogens (tertiary/aromatic N) is 1. The monoisotopic (exact) mass is 330 g/mol. The Balaban J connectivity index is 1.97. The molecule has 21 heavy (non-hydrogen) atoms. The van der Waals surface area contributed by atoms with Crippen LogP contribution in [0, 0.1) is 5.92 Å². The molecule has 0 aromatic carbocycles. The number of nitrogens with one attached hydrogen (secondary N) is 1. The van der Waals surface area contributed by atoms with Gasteiger partial charge in [0.1, 0.15) is 4.21 Å². The minimum Gasteiger partial charge on any atom is -0.316 e.